The van der Waals surface area contributed by atoms with E-state index in [0.717, 1.165) is 6.07 Å². The minimum Gasteiger partial charge on any atom is -0.389 e. The second-order valence-electron chi connectivity index (χ2n) is 13.3. The third kappa shape index (κ3) is 7.47. The van der Waals surface area contributed by atoms with Gasteiger partial charge in [0, 0.05) is 40.3 Å². The third-order valence-corrected chi connectivity index (χ3v) is 8.33. The summed E-state index contributed by atoms with van der Waals surface area (Å²) in [7, 11) is 0. The number of carbonyl (C=O) groups is 2. The van der Waals surface area contributed by atoms with Crippen LogP contribution in [-0.4, -0.2) is 41.2 Å². The van der Waals surface area contributed by atoms with E-state index in [2.05, 4.69) is 22.0 Å². The Kier molecular flexibility index (Phi) is 9.96. The van der Waals surface area contributed by atoms with Crippen molar-refractivity contribution in [2.45, 2.75) is 70.1 Å². The van der Waals surface area contributed by atoms with E-state index in [4.69, 9.17) is 23.2 Å². The smallest absolute Gasteiger partial charge is 0.251 e. The quantitative estimate of drug-likeness (QED) is 0.215. The van der Waals surface area contributed by atoms with Crippen LogP contribution in [0.1, 0.15) is 68.4 Å². The number of rotatable bonds is 8. The van der Waals surface area contributed by atoms with Gasteiger partial charge in [0.15, 0.2) is 0 Å². The van der Waals surface area contributed by atoms with Crippen molar-refractivity contribution < 1.29 is 23.5 Å². The molecule has 0 bridgehead atoms. The molecular weight excluding hydrogens is 621 g/mol. The summed E-state index contributed by atoms with van der Waals surface area (Å²) in [5.41, 5.74) is -2.84. The topological polar surface area (TPSA) is 114 Å². The number of nitrogens with zero attached hydrogens (tertiary/aromatic N) is 1. The Bertz CT molecular complexity index is 1650. The maximum Gasteiger partial charge on any atom is 0.251 e. The number of carbonyl (C=O) groups excluding carboxylic acids is 2. The van der Waals surface area contributed by atoms with Crippen molar-refractivity contribution >= 4 is 40.7 Å². The van der Waals surface area contributed by atoms with Gasteiger partial charge in [-0.2, -0.15) is 5.26 Å². The Morgan fingerprint density at radius 2 is 1.73 bits per heavy atom. The number of nitriles is 1. The fourth-order valence-electron chi connectivity index (χ4n) is 5.91. The van der Waals surface area contributed by atoms with Crippen LogP contribution >= 0.6 is 23.2 Å². The maximum atomic E-state index is 15.9. The lowest BCUT2D eigenvalue weighted by Crippen LogP contribution is -2.45. The van der Waals surface area contributed by atoms with Crippen LogP contribution in [0.4, 0.5) is 14.5 Å². The summed E-state index contributed by atoms with van der Waals surface area (Å²) in [6.45, 7) is 8.97. The zero-order chi connectivity index (χ0) is 33.3. The molecule has 4 atom stereocenters. The Labute approximate surface area is 271 Å². The van der Waals surface area contributed by atoms with Crippen LogP contribution in [-0.2, 0) is 10.2 Å². The molecule has 0 aromatic heterocycles. The zero-order valence-electron chi connectivity index (χ0n) is 25.6. The molecule has 1 fully saturated rings. The van der Waals surface area contributed by atoms with E-state index in [9.17, 15) is 20.0 Å². The summed E-state index contributed by atoms with van der Waals surface area (Å²) in [5, 5.41) is 29.6. The molecular formula is C34H36Cl2F2N4O3. The van der Waals surface area contributed by atoms with Crippen molar-refractivity contribution in [2.24, 2.45) is 5.41 Å². The molecule has 4 N–H and O–H groups in total. The highest BCUT2D eigenvalue weighted by molar-refractivity contribution is 6.31. The van der Waals surface area contributed by atoms with Crippen molar-refractivity contribution in [1.29, 1.82) is 5.26 Å². The van der Waals surface area contributed by atoms with Crippen LogP contribution in [0.5, 0.6) is 0 Å². The predicted octanol–water partition coefficient (Wildman–Crippen LogP) is 6.73. The molecule has 2 amide bonds. The van der Waals surface area contributed by atoms with Crippen LogP contribution in [0.3, 0.4) is 0 Å². The first-order valence-corrected chi connectivity index (χ1v) is 15.2. The average molecular weight is 658 g/mol. The monoisotopic (exact) mass is 656 g/mol. The molecule has 3 aromatic carbocycles. The van der Waals surface area contributed by atoms with Gasteiger partial charge in [0.05, 0.1) is 22.7 Å². The van der Waals surface area contributed by atoms with Gasteiger partial charge < -0.3 is 21.1 Å². The van der Waals surface area contributed by atoms with Crippen molar-refractivity contribution in [3.63, 3.8) is 0 Å². The number of hydrogen-bond donors (Lipinski definition) is 4. The molecule has 238 valence electrons. The number of aliphatic hydroxyl groups is 1. The Morgan fingerprint density at radius 1 is 1.04 bits per heavy atom. The first kappa shape index (κ1) is 34.3. The number of hydrogen-bond acceptors (Lipinski definition) is 5. The average Bonchev–Trinajstić information content (AvgIpc) is 3.26. The molecule has 0 aliphatic carbocycles. The molecule has 4 rings (SSSR count). The normalized spacial score (nSPS) is 21.7. The molecule has 1 aliphatic heterocycles. The second-order valence-corrected chi connectivity index (χ2v) is 14.1. The molecule has 45 heavy (non-hydrogen) atoms. The van der Waals surface area contributed by atoms with E-state index >= 15 is 8.78 Å². The molecule has 1 heterocycles. The SMILES string of the molecule is CC(C)(C)C[C@@H]1N[C@@H](C(=O)Nc2cccc(C(=O)NCC(C)(C)O)c2)[C@H](c2cccc(Cl)c2F)[C@@]1(C#N)c1ccc(Cl)cc1F. The molecule has 11 heteroatoms. The van der Waals surface area contributed by atoms with E-state index in [1.165, 1.54) is 36.4 Å². The molecule has 0 radical (unpaired) electrons. The summed E-state index contributed by atoms with van der Waals surface area (Å²) < 4.78 is 31.7. The Morgan fingerprint density at radius 3 is 2.36 bits per heavy atom. The van der Waals surface area contributed by atoms with Gasteiger partial charge in [-0.25, -0.2) is 8.78 Å². The molecule has 0 spiro atoms. The number of benzene rings is 3. The summed E-state index contributed by atoms with van der Waals surface area (Å²) in [4.78, 5) is 26.9. The first-order chi connectivity index (χ1) is 21.0. The third-order valence-electron chi connectivity index (χ3n) is 7.81. The van der Waals surface area contributed by atoms with Crippen molar-refractivity contribution in [3.05, 3.63) is 99.0 Å². The van der Waals surface area contributed by atoms with E-state index < -0.39 is 57.9 Å². The van der Waals surface area contributed by atoms with Gasteiger partial charge in [0.25, 0.3) is 5.91 Å². The van der Waals surface area contributed by atoms with Gasteiger partial charge in [-0.15, -0.1) is 0 Å². The van der Waals surface area contributed by atoms with Gasteiger partial charge in [0.2, 0.25) is 5.91 Å². The van der Waals surface area contributed by atoms with Crippen LogP contribution in [0.2, 0.25) is 10.0 Å². The van der Waals surface area contributed by atoms with Crippen molar-refractivity contribution in [2.75, 3.05) is 11.9 Å². The van der Waals surface area contributed by atoms with Crippen LogP contribution < -0.4 is 16.0 Å². The summed E-state index contributed by atoms with van der Waals surface area (Å²) in [5.74, 6) is -3.90. The highest BCUT2D eigenvalue weighted by Crippen LogP contribution is 2.52. The highest BCUT2D eigenvalue weighted by atomic mass is 35.5. The Balaban J connectivity index is 1.83. The minimum absolute atomic E-state index is 0.00790. The minimum atomic E-state index is -1.77. The molecule has 0 saturated carbocycles. The van der Waals surface area contributed by atoms with Crippen molar-refractivity contribution in [3.8, 4) is 6.07 Å². The van der Waals surface area contributed by atoms with Gasteiger partial charge in [-0.3, -0.25) is 9.59 Å². The standard InChI is InChI=1S/C34H36Cl2F2N4O3/c1-32(2,3)16-26-34(17-39,23-13-12-20(35)15-25(23)37)27(22-10-7-11-24(36)28(22)38)29(42-26)31(44)41-21-9-6-8-19(14-21)30(43)40-18-33(4,5)45/h6-15,26-27,29,42,45H,16,18H2,1-5H3,(H,40,43)(H,41,44)/t26-,27-,29+,34-/m0/s1. The highest BCUT2D eigenvalue weighted by Gasteiger charge is 2.61. The molecule has 0 unspecified atom stereocenters. The number of nitrogens with one attached hydrogen (secondary N) is 3. The number of anilines is 1. The lowest BCUT2D eigenvalue weighted by molar-refractivity contribution is -0.118. The zero-order valence-corrected chi connectivity index (χ0v) is 27.2. The van der Waals surface area contributed by atoms with E-state index in [-0.39, 0.29) is 39.0 Å². The first-order valence-electron chi connectivity index (χ1n) is 14.4. The van der Waals surface area contributed by atoms with Gasteiger partial charge in [0.1, 0.15) is 17.0 Å². The fraction of sp³-hybridized carbons (Fsp3) is 0.382. The predicted molar refractivity (Wildman–Crippen MR) is 171 cm³/mol. The van der Waals surface area contributed by atoms with Crippen LogP contribution in [0.25, 0.3) is 0 Å². The summed E-state index contributed by atoms with van der Waals surface area (Å²) >= 11 is 12.3. The Hall–Kier alpha value is -3.55. The van der Waals surface area contributed by atoms with Crippen molar-refractivity contribution in [1.82, 2.24) is 10.6 Å². The number of halogens is 4. The van der Waals surface area contributed by atoms with Crippen LogP contribution in [0.15, 0.2) is 60.7 Å². The number of amides is 2. The maximum absolute atomic E-state index is 15.9. The molecule has 7 nitrogen and oxygen atoms in total. The van der Waals surface area contributed by atoms with Gasteiger partial charge in [-0.1, -0.05) is 68.2 Å². The van der Waals surface area contributed by atoms with Crippen LogP contribution in [0, 0.1) is 28.4 Å². The lowest BCUT2D eigenvalue weighted by atomic mass is 9.62. The molecule has 1 aliphatic rings. The summed E-state index contributed by atoms with van der Waals surface area (Å²) in [6.07, 6.45) is 0.321. The van der Waals surface area contributed by atoms with E-state index in [0.29, 0.717) is 6.42 Å². The van der Waals surface area contributed by atoms with Gasteiger partial charge in [-0.05, 0) is 67.6 Å². The largest absolute Gasteiger partial charge is 0.389 e. The fourth-order valence-corrected chi connectivity index (χ4v) is 6.25. The molecule has 1 saturated heterocycles. The van der Waals surface area contributed by atoms with E-state index in [1.54, 1.807) is 32.0 Å². The molecule has 3 aromatic rings. The lowest BCUT2D eigenvalue weighted by Gasteiger charge is -2.37. The van der Waals surface area contributed by atoms with Gasteiger partial charge >= 0.3 is 0 Å². The van der Waals surface area contributed by atoms with E-state index in [1.807, 2.05) is 20.8 Å². The summed E-state index contributed by atoms with van der Waals surface area (Å²) in [6, 6.07) is 14.7. The second kappa shape index (κ2) is 13.1.